The molecule has 1 aromatic rings. The summed E-state index contributed by atoms with van der Waals surface area (Å²) in [6.07, 6.45) is -4.89. The number of carbonyl (C=O) groups excluding carboxylic acids is 1. The molecule has 0 radical (unpaired) electrons. The van der Waals surface area contributed by atoms with Crippen molar-refractivity contribution in [2.75, 3.05) is 12.5 Å². The number of hydrogen-bond donors (Lipinski definition) is 7. The molecular formula is C10H18ClN4O14P3. The molecule has 184 valence electrons. The summed E-state index contributed by atoms with van der Waals surface area (Å²) in [5.41, 5.74) is 0.241. The van der Waals surface area contributed by atoms with Gasteiger partial charge in [-0.1, -0.05) is 5.21 Å². The topological polar surface area (TPSA) is 269 Å². The van der Waals surface area contributed by atoms with Crippen molar-refractivity contribution in [1.82, 2.24) is 20.3 Å². The number of aliphatic hydroxyl groups is 2. The number of carbonyl (C=O) groups is 1. The van der Waals surface area contributed by atoms with Gasteiger partial charge in [-0.3, -0.25) is 9.32 Å². The lowest BCUT2D eigenvalue weighted by Crippen LogP contribution is -2.33. The van der Waals surface area contributed by atoms with Crippen LogP contribution in [0.25, 0.3) is 0 Å². The SMILES string of the molecule is O=C(CCl)NCc1cn([C@@H]2O[C@H](COP(=O)(O)OP(=O)(O)OP(=O)(O)O)[C@@H](O)[C@H]2O)nn1. The lowest BCUT2D eigenvalue weighted by Gasteiger charge is -2.19. The second kappa shape index (κ2) is 10.6. The third-order valence-corrected chi connectivity index (χ3v) is 7.61. The standard InChI is InChI=1S/C10H18ClN4O14P3/c11-1-7(16)12-2-5-3-15(14-13-5)10-9(18)8(17)6(27-10)4-26-31(22,23)29-32(24,25)28-30(19,20)21/h3,6,8-10,17-18H,1-2,4H2,(H,12,16)(H,22,23)(H,24,25)(H2,19,20,21)/t6-,8-,9-,10-/m1/s1. The number of nitrogens with one attached hydrogen (secondary N) is 1. The monoisotopic (exact) mass is 546 g/mol. The summed E-state index contributed by atoms with van der Waals surface area (Å²) in [6.45, 7) is -1.03. The lowest BCUT2D eigenvalue weighted by molar-refractivity contribution is -0.118. The van der Waals surface area contributed by atoms with Crippen LogP contribution in [0.4, 0.5) is 0 Å². The second-order valence-electron chi connectivity index (χ2n) is 6.03. The van der Waals surface area contributed by atoms with Crippen LogP contribution in [-0.4, -0.2) is 81.5 Å². The Kier molecular flexibility index (Phi) is 9.11. The molecular weight excluding hydrogens is 528 g/mol. The van der Waals surface area contributed by atoms with E-state index in [0.29, 0.717) is 0 Å². The Balaban J connectivity index is 1.96. The number of ether oxygens (including phenoxy) is 1. The molecule has 2 rings (SSSR count). The second-order valence-corrected chi connectivity index (χ2v) is 10.7. The minimum absolute atomic E-state index is 0.0492. The highest BCUT2D eigenvalue weighted by molar-refractivity contribution is 7.66. The van der Waals surface area contributed by atoms with Gasteiger partial charge in [-0.2, -0.15) is 8.62 Å². The van der Waals surface area contributed by atoms with Gasteiger partial charge in [-0.05, 0) is 0 Å². The lowest BCUT2D eigenvalue weighted by atomic mass is 10.1. The van der Waals surface area contributed by atoms with Crippen LogP contribution in [0.1, 0.15) is 11.9 Å². The Morgan fingerprint density at radius 1 is 1.16 bits per heavy atom. The van der Waals surface area contributed by atoms with Gasteiger partial charge in [0.15, 0.2) is 6.23 Å². The van der Waals surface area contributed by atoms with E-state index in [-0.39, 0.29) is 18.1 Å². The predicted molar refractivity (Wildman–Crippen MR) is 98.3 cm³/mol. The summed E-state index contributed by atoms with van der Waals surface area (Å²) < 4.78 is 51.4. The molecule has 7 N–H and O–H groups in total. The number of halogens is 1. The Morgan fingerprint density at radius 2 is 1.81 bits per heavy atom. The van der Waals surface area contributed by atoms with Gasteiger partial charge in [0, 0.05) is 0 Å². The largest absolute Gasteiger partial charge is 0.490 e. The smallest absolute Gasteiger partial charge is 0.387 e. The molecule has 0 aromatic carbocycles. The molecule has 1 aliphatic heterocycles. The zero-order chi connectivity index (χ0) is 24.3. The van der Waals surface area contributed by atoms with Crippen molar-refractivity contribution in [2.45, 2.75) is 31.1 Å². The molecule has 2 unspecified atom stereocenters. The molecule has 2 heterocycles. The van der Waals surface area contributed by atoms with Crippen molar-refractivity contribution >= 4 is 41.0 Å². The summed E-state index contributed by atoms with van der Waals surface area (Å²) in [6, 6.07) is 0. The molecule has 0 bridgehead atoms. The van der Waals surface area contributed by atoms with Crippen LogP contribution in [0.2, 0.25) is 0 Å². The van der Waals surface area contributed by atoms with Gasteiger partial charge in [0.2, 0.25) is 5.91 Å². The first-order valence-corrected chi connectivity index (χ1v) is 13.2. The summed E-state index contributed by atoms with van der Waals surface area (Å²) >= 11 is 5.34. The van der Waals surface area contributed by atoms with Crippen molar-refractivity contribution < 1.29 is 66.2 Å². The summed E-state index contributed by atoms with van der Waals surface area (Å²) in [5.74, 6) is -0.748. The van der Waals surface area contributed by atoms with Crippen LogP contribution in [0.3, 0.4) is 0 Å². The average molecular weight is 547 g/mol. The first-order chi connectivity index (χ1) is 14.6. The minimum atomic E-state index is -5.71. The van der Waals surface area contributed by atoms with Crippen LogP contribution in [0.5, 0.6) is 0 Å². The van der Waals surface area contributed by atoms with E-state index in [2.05, 4.69) is 28.8 Å². The maximum absolute atomic E-state index is 11.7. The molecule has 0 aliphatic carbocycles. The highest BCUT2D eigenvalue weighted by Gasteiger charge is 2.46. The number of hydrogen-bond acceptors (Lipinski definition) is 12. The van der Waals surface area contributed by atoms with Crippen molar-refractivity contribution in [3.8, 4) is 0 Å². The van der Waals surface area contributed by atoms with Gasteiger partial charge in [0.1, 0.15) is 29.9 Å². The van der Waals surface area contributed by atoms with E-state index in [4.69, 9.17) is 31.0 Å². The number of aromatic nitrogens is 3. The quantitative estimate of drug-likeness (QED) is 0.118. The van der Waals surface area contributed by atoms with Crippen LogP contribution in [-0.2, 0) is 42.9 Å². The van der Waals surface area contributed by atoms with Gasteiger partial charge in [-0.25, -0.2) is 18.4 Å². The number of aliphatic hydroxyl groups excluding tert-OH is 2. The molecule has 1 amide bonds. The Hall–Kier alpha value is -0.810. The predicted octanol–water partition coefficient (Wildman–Crippen LogP) is -1.90. The molecule has 0 saturated carbocycles. The molecule has 18 nitrogen and oxygen atoms in total. The average Bonchev–Trinajstić information content (AvgIpc) is 3.20. The zero-order valence-corrected chi connectivity index (χ0v) is 19.0. The summed E-state index contributed by atoms with van der Waals surface area (Å²) in [5, 5.41) is 30.0. The first kappa shape index (κ1) is 27.4. The van der Waals surface area contributed by atoms with Crippen LogP contribution >= 0.6 is 35.1 Å². The number of nitrogens with zero attached hydrogens (tertiary/aromatic N) is 3. The number of amides is 1. The highest BCUT2D eigenvalue weighted by Crippen LogP contribution is 2.66. The number of rotatable bonds is 11. The van der Waals surface area contributed by atoms with Crippen LogP contribution in [0, 0.1) is 0 Å². The van der Waals surface area contributed by atoms with E-state index in [1.807, 2.05) is 0 Å². The van der Waals surface area contributed by atoms with Crippen LogP contribution < -0.4 is 5.32 Å². The summed E-state index contributed by atoms with van der Waals surface area (Å²) in [4.78, 5) is 46.6. The Labute approximate surface area is 183 Å². The molecule has 1 saturated heterocycles. The Bertz CT molecular complexity index is 955. The molecule has 1 aromatic heterocycles. The molecule has 22 heteroatoms. The van der Waals surface area contributed by atoms with E-state index < -0.39 is 60.5 Å². The van der Waals surface area contributed by atoms with Gasteiger partial charge < -0.3 is 39.8 Å². The van der Waals surface area contributed by atoms with Crippen molar-refractivity contribution in [1.29, 1.82) is 0 Å². The highest BCUT2D eigenvalue weighted by atomic mass is 35.5. The molecule has 1 aliphatic rings. The minimum Gasteiger partial charge on any atom is -0.387 e. The van der Waals surface area contributed by atoms with Crippen molar-refractivity contribution in [3.05, 3.63) is 11.9 Å². The molecule has 6 atom stereocenters. The maximum atomic E-state index is 11.7. The van der Waals surface area contributed by atoms with Crippen LogP contribution in [0.15, 0.2) is 6.20 Å². The third kappa shape index (κ3) is 8.20. The van der Waals surface area contributed by atoms with E-state index in [1.54, 1.807) is 0 Å². The van der Waals surface area contributed by atoms with E-state index in [9.17, 15) is 33.6 Å². The first-order valence-electron chi connectivity index (χ1n) is 8.16. The van der Waals surface area contributed by atoms with Crippen molar-refractivity contribution in [2.24, 2.45) is 0 Å². The number of phosphoric ester groups is 1. The van der Waals surface area contributed by atoms with E-state index in [1.165, 1.54) is 6.20 Å². The van der Waals surface area contributed by atoms with Crippen molar-refractivity contribution in [3.63, 3.8) is 0 Å². The molecule has 0 spiro atoms. The molecule has 1 fully saturated rings. The maximum Gasteiger partial charge on any atom is 0.490 e. The van der Waals surface area contributed by atoms with Gasteiger partial charge in [-0.15, -0.1) is 16.7 Å². The molecule has 32 heavy (non-hydrogen) atoms. The van der Waals surface area contributed by atoms with E-state index >= 15 is 0 Å². The normalized spacial score (nSPS) is 27.6. The van der Waals surface area contributed by atoms with Gasteiger partial charge in [0.25, 0.3) is 0 Å². The fourth-order valence-electron chi connectivity index (χ4n) is 2.31. The number of alkyl halides is 1. The Morgan fingerprint density at radius 3 is 2.41 bits per heavy atom. The fourth-order valence-corrected chi connectivity index (χ4v) is 5.44. The van der Waals surface area contributed by atoms with Gasteiger partial charge >= 0.3 is 23.5 Å². The zero-order valence-electron chi connectivity index (χ0n) is 15.5. The summed E-state index contributed by atoms with van der Waals surface area (Å²) in [7, 11) is -16.7. The third-order valence-electron chi connectivity index (χ3n) is 3.56. The van der Waals surface area contributed by atoms with Gasteiger partial charge in [0.05, 0.1) is 19.3 Å². The van der Waals surface area contributed by atoms with E-state index in [0.717, 1.165) is 4.68 Å². The fraction of sp³-hybridized carbons (Fsp3) is 0.700. The number of phosphoric acid groups is 3.